The van der Waals surface area contributed by atoms with Gasteiger partial charge in [-0.1, -0.05) is 19.4 Å². The maximum absolute atomic E-state index is 12.0. The van der Waals surface area contributed by atoms with Crippen molar-refractivity contribution in [3.8, 4) is 17.2 Å². The van der Waals surface area contributed by atoms with Crippen LogP contribution in [0.4, 0.5) is 0 Å². The fraction of sp³-hybridized carbons (Fsp3) is 0.333. The van der Waals surface area contributed by atoms with Gasteiger partial charge >= 0.3 is 0 Å². The molecule has 30 heavy (non-hydrogen) atoms. The highest BCUT2D eigenvalue weighted by Crippen LogP contribution is 2.34. The summed E-state index contributed by atoms with van der Waals surface area (Å²) in [6, 6.07) is 7.64. The van der Waals surface area contributed by atoms with E-state index in [0.717, 1.165) is 12.7 Å². The van der Waals surface area contributed by atoms with Gasteiger partial charge in [0.25, 0.3) is 5.91 Å². The molecule has 0 aliphatic heterocycles. The van der Waals surface area contributed by atoms with E-state index in [1.807, 2.05) is 11.6 Å². The lowest BCUT2D eigenvalue weighted by Crippen LogP contribution is -2.29. The van der Waals surface area contributed by atoms with E-state index >= 15 is 0 Å². The number of sulfonamides is 1. The SMILES string of the molecule is CCCc1c(OCc2ccc(C(=O)NS(C)(=O)=O)cc2OC)ccc(C(C)=O)c1O. The number of rotatable bonds is 9. The van der Waals surface area contributed by atoms with E-state index in [-0.39, 0.29) is 29.3 Å². The largest absolute Gasteiger partial charge is 0.507 e. The number of amides is 1. The van der Waals surface area contributed by atoms with Gasteiger partial charge in [0, 0.05) is 16.7 Å². The Balaban J connectivity index is 2.28. The summed E-state index contributed by atoms with van der Waals surface area (Å²) in [6.45, 7) is 3.41. The number of ether oxygens (including phenoxy) is 2. The first-order chi connectivity index (χ1) is 14.1. The molecule has 0 radical (unpaired) electrons. The maximum Gasteiger partial charge on any atom is 0.264 e. The summed E-state index contributed by atoms with van der Waals surface area (Å²) in [5.74, 6) is -0.293. The van der Waals surface area contributed by atoms with Gasteiger partial charge in [-0.25, -0.2) is 13.1 Å². The number of benzene rings is 2. The highest BCUT2D eigenvalue weighted by atomic mass is 32.2. The zero-order valence-electron chi connectivity index (χ0n) is 17.3. The normalized spacial score (nSPS) is 11.1. The fourth-order valence-electron chi connectivity index (χ4n) is 2.92. The summed E-state index contributed by atoms with van der Waals surface area (Å²) < 4.78 is 35.6. The topological polar surface area (TPSA) is 119 Å². The van der Waals surface area contributed by atoms with Crippen LogP contribution in [0, 0.1) is 0 Å². The van der Waals surface area contributed by atoms with Crippen molar-refractivity contribution in [2.24, 2.45) is 0 Å². The fourth-order valence-corrected chi connectivity index (χ4v) is 3.37. The standard InChI is InChI=1S/C21H25NO7S/c1-5-6-17-18(10-9-16(13(2)23)20(17)24)29-12-15-8-7-14(11-19(15)28-3)21(25)22-30(4,26)27/h7-11,24H,5-6,12H2,1-4H3,(H,22,25). The highest BCUT2D eigenvalue weighted by molar-refractivity contribution is 7.89. The molecule has 0 fully saturated rings. The Morgan fingerprint density at radius 2 is 1.83 bits per heavy atom. The van der Waals surface area contributed by atoms with Crippen molar-refractivity contribution in [3.63, 3.8) is 0 Å². The van der Waals surface area contributed by atoms with Crippen LogP contribution in [0.15, 0.2) is 30.3 Å². The summed E-state index contributed by atoms with van der Waals surface area (Å²) in [7, 11) is -2.26. The van der Waals surface area contributed by atoms with Crippen LogP contribution >= 0.6 is 0 Å². The maximum atomic E-state index is 12.0. The molecule has 162 valence electrons. The first-order valence-electron chi connectivity index (χ1n) is 9.25. The number of phenolic OH excluding ortho intramolecular Hbond substituents is 1. The summed E-state index contributed by atoms with van der Waals surface area (Å²) in [5, 5.41) is 10.4. The van der Waals surface area contributed by atoms with Crippen molar-refractivity contribution in [1.29, 1.82) is 0 Å². The first kappa shape index (κ1) is 23.2. The summed E-state index contributed by atoms with van der Waals surface area (Å²) >= 11 is 0. The molecular weight excluding hydrogens is 410 g/mol. The number of carbonyl (C=O) groups excluding carboxylic acids is 2. The quantitative estimate of drug-likeness (QED) is 0.581. The summed E-state index contributed by atoms with van der Waals surface area (Å²) in [5.41, 5.74) is 1.53. The van der Waals surface area contributed by atoms with E-state index in [9.17, 15) is 23.1 Å². The van der Waals surface area contributed by atoms with E-state index in [0.29, 0.717) is 29.0 Å². The van der Waals surface area contributed by atoms with Crippen LogP contribution in [0.5, 0.6) is 17.2 Å². The third-order valence-corrected chi connectivity index (χ3v) is 4.89. The molecule has 0 unspecified atom stereocenters. The minimum absolute atomic E-state index is 0.0761. The predicted octanol–water partition coefficient (Wildman–Crippen LogP) is 2.82. The van der Waals surface area contributed by atoms with Crippen LogP contribution < -0.4 is 14.2 Å². The molecule has 2 aromatic carbocycles. The van der Waals surface area contributed by atoms with Crippen molar-refractivity contribution in [3.05, 3.63) is 52.6 Å². The Hall–Kier alpha value is -3.07. The second-order valence-corrected chi connectivity index (χ2v) is 8.51. The van der Waals surface area contributed by atoms with Gasteiger partial charge in [-0.3, -0.25) is 9.59 Å². The van der Waals surface area contributed by atoms with Gasteiger partial charge in [-0.05, 0) is 37.6 Å². The molecule has 0 saturated heterocycles. The minimum atomic E-state index is -3.68. The van der Waals surface area contributed by atoms with Gasteiger partial charge in [-0.15, -0.1) is 0 Å². The molecular formula is C21H25NO7S. The van der Waals surface area contributed by atoms with Gasteiger partial charge in [-0.2, -0.15) is 0 Å². The van der Waals surface area contributed by atoms with Crippen molar-refractivity contribution >= 4 is 21.7 Å². The molecule has 0 spiro atoms. The molecule has 2 rings (SSSR count). The Labute approximate surface area is 175 Å². The Morgan fingerprint density at radius 3 is 2.40 bits per heavy atom. The van der Waals surface area contributed by atoms with Gasteiger partial charge in [0.05, 0.1) is 18.9 Å². The highest BCUT2D eigenvalue weighted by Gasteiger charge is 2.17. The van der Waals surface area contributed by atoms with Crippen LogP contribution in [0.2, 0.25) is 0 Å². The van der Waals surface area contributed by atoms with E-state index in [1.54, 1.807) is 12.1 Å². The number of hydrogen-bond donors (Lipinski definition) is 2. The minimum Gasteiger partial charge on any atom is -0.507 e. The van der Waals surface area contributed by atoms with Crippen LogP contribution in [0.25, 0.3) is 0 Å². The zero-order valence-corrected chi connectivity index (χ0v) is 18.1. The van der Waals surface area contributed by atoms with Gasteiger partial charge in [0.1, 0.15) is 23.9 Å². The monoisotopic (exact) mass is 435 g/mol. The molecule has 8 nitrogen and oxygen atoms in total. The number of aromatic hydroxyl groups is 1. The molecule has 2 aromatic rings. The lowest BCUT2D eigenvalue weighted by Gasteiger charge is -2.16. The van der Waals surface area contributed by atoms with Gasteiger partial charge in [0.2, 0.25) is 10.0 Å². The Kier molecular flexibility index (Phi) is 7.44. The van der Waals surface area contributed by atoms with Crippen molar-refractivity contribution in [2.45, 2.75) is 33.3 Å². The van der Waals surface area contributed by atoms with Crippen LogP contribution in [-0.2, 0) is 23.1 Å². The summed E-state index contributed by atoms with van der Waals surface area (Å²) in [6.07, 6.45) is 2.17. The molecule has 0 aliphatic rings. The number of carbonyl (C=O) groups is 2. The lowest BCUT2D eigenvalue weighted by atomic mass is 10.0. The molecule has 1 amide bonds. The number of ketones is 1. The number of nitrogens with one attached hydrogen (secondary N) is 1. The average molecular weight is 435 g/mol. The van der Waals surface area contributed by atoms with E-state index in [4.69, 9.17) is 9.47 Å². The predicted molar refractivity (Wildman–Crippen MR) is 112 cm³/mol. The van der Waals surface area contributed by atoms with E-state index < -0.39 is 15.9 Å². The second-order valence-electron chi connectivity index (χ2n) is 6.76. The molecule has 2 N–H and O–H groups in total. The molecule has 0 heterocycles. The van der Waals surface area contributed by atoms with Crippen molar-refractivity contribution in [2.75, 3.05) is 13.4 Å². The second kappa shape index (κ2) is 9.62. The lowest BCUT2D eigenvalue weighted by molar-refractivity contribution is 0.0978. The number of methoxy groups -OCH3 is 1. The molecule has 0 bridgehead atoms. The molecule has 0 aliphatic carbocycles. The van der Waals surface area contributed by atoms with E-state index in [1.165, 1.54) is 32.2 Å². The summed E-state index contributed by atoms with van der Waals surface area (Å²) in [4.78, 5) is 23.7. The van der Waals surface area contributed by atoms with Gasteiger partial charge in [0.15, 0.2) is 5.78 Å². The molecule has 0 atom stereocenters. The molecule has 0 aromatic heterocycles. The average Bonchev–Trinajstić information content (AvgIpc) is 2.66. The van der Waals surface area contributed by atoms with Crippen molar-refractivity contribution in [1.82, 2.24) is 4.72 Å². The van der Waals surface area contributed by atoms with Crippen molar-refractivity contribution < 1.29 is 32.6 Å². The first-order valence-corrected chi connectivity index (χ1v) is 11.1. The molecule has 0 saturated carbocycles. The Bertz CT molecular complexity index is 1060. The van der Waals surface area contributed by atoms with Crippen LogP contribution in [-0.4, -0.2) is 38.6 Å². The smallest absolute Gasteiger partial charge is 0.264 e. The van der Waals surface area contributed by atoms with E-state index in [2.05, 4.69) is 0 Å². The van der Waals surface area contributed by atoms with Crippen LogP contribution in [0.3, 0.4) is 0 Å². The number of hydrogen-bond acceptors (Lipinski definition) is 7. The number of phenols is 1. The third kappa shape index (κ3) is 5.73. The number of Topliss-reactive ketones (excluding diaryl/α,β-unsaturated/α-hetero) is 1. The molecule has 9 heteroatoms. The third-order valence-electron chi connectivity index (χ3n) is 4.33. The Morgan fingerprint density at radius 1 is 1.13 bits per heavy atom. The van der Waals surface area contributed by atoms with Crippen LogP contribution in [0.1, 0.15) is 52.1 Å². The van der Waals surface area contributed by atoms with Gasteiger partial charge < -0.3 is 14.6 Å². The zero-order chi connectivity index (χ0) is 22.5.